The minimum Gasteiger partial charge on any atom is -0.422 e. The molecule has 0 saturated carbocycles. The average molecular weight is 399 g/mol. The Morgan fingerprint density at radius 1 is 1.19 bits per heavy atom. The zero-order chi connectivity index (χ0) is 19.0. The van der Waals surface area contributed by atoms with Crippen LogP contribution >= 0.6 is 22.7 Å². The van der Waals surface area contributed by atoms with Crippen LogP contribution in [-0.4, -0.2) is 15.8 Å². The number of nitro groups is 1. The molecule has 0 spiro atoms. The first-order chi connectivity index (χ1) is 13.0. The van der Waals surface area contributed by atoms with Crippen molar-refractivity contribution in [3.8, 4) is 10.6 Å². The third-order valence-electron chi connectivity index (χ3n) is 3.66. The van der Waals surface area contributed by atoms with E-state index in [1.54, 1.807) is 29.6 Å². The van der Waals surface area contributed by atoms with Crippen molar-refractivity contribution in [3.05, 3.63) is 73.3 Å². The van der Waals surface area contributed by atoms with Gasteiger partial charge in [0, 0.05) is 16.8 Å². The highest BCUT2D eigenvalue weighted by molar-refractivity contribution is 7.16. The molecule has 3 heterocycles. The summed E-state index contributed by atoms with van der Waals surface area (Å²) in [6, 6.07) is 9.78. The average Bonchev–Trinajstić information content (AvgIpc) is 3.30. The van der Waals surface area contributed by atoms with E-state index in [1.807, 2.05) is 0 Å². The molecule has 3 aromatic heterocycles. The van der Waals surface area contributed by atoms with E-state index in [9.17, 15) is 19.7 Å². The summed E-state index contributed by atoms with van der Waals surface area (Å²) in [6.07, 6.45) is 0. The van der Waals surface area contributed by atoms with Gasteiger partial charge in [-0.05, 0) is 12.1 Å². The fourth-order valence-corrected chi connectivity index (χ4v) is 3.98. The molecule has 27 heavy (non-hydrogen) atoms. The van der Waals surface area contributed by atoms with Crippen LogP contribution in [0.1, 0.15) is 10.4 Å². The van der Waals surface area contributed by atoms with Crippen molar-refractivity contribution in [2.24, 2.45) is 0 Å². The van der Waals surface area contributed by atoms with Crippen molar-refractivity contribution in [1.29, 1.82) is 0 Å². The lowest BCUT2D eigenvalue weighted by atomic mass is 10.2. The number of anilines is 1. The molecule has 0 atom stereocenters. The highest BCUT2D eigenvalue weighted by Crippen LogP contribution is 2.32. The number of rotatable bonds is 4. The SMILES string of the molecule is O=C(Nc1nc(-c2cc([N+](=O)[O-])cs2)cs1)c1cc2ccccc2oc1=O. The molecule has 10 heteroatoms. The maximum Gasteiger partial charge on any atom is 0.349 e. The fourth-order valence-electron chi connectivity index (χ4n) is 2.39. The Hall–Kier alpha value is -3.37. The second kappa shape index (κ2) is 6.74. The minimum atomic E-state index is -0.739. The summed E-state index contributed by atoms with van der Waals surface area (Å²) in [5, 5.41) is 17.3. The van der Waals surface area contributed by atoms with Crippen LogP contribution in [0.5, 0.6) is 0 Å². The molecule has 0 saturated heterocycles. The maximum absolute atomic E-state index is 12.4. The molecule has 0 bridgehead atoms. The number of carbonyl (C=O) groups excluding carboxylic acids is 1. The first-order valence-electron chi connectivity index (χ1n) is 7.54. The molecule has 1 N–H and O–H groups in total. The topological polar surface area (TPSA) is 115 Å². The van der Waals surface area contributed by atoms with Gasteiger partial charge in [-0.3, -0.25) is 20.2 Å². The Balaban J connectivity index is 1.58. The molecule has 0 radical (unpaired) electrons. The molecule has 8 nitrogen and oxygen atoms in total. The summed E-state index contributed by atoms with van der Waals surface area (Å²) in [4.78, 5) is 39.6. The highest BCUT2D eigenvalue weighted by Gasteiger charge is 2.17. The van der Waals surface area contributed by atoms with Crippen LogP contribution in [0, 0.1) is 10.1 Å². The van der Waals surface area contributed by atoms with Gasteiger partial charge in [0.25, 0.3) is 11.6 Å². The molecule has 0 fully saturated rings. The van der Waals surface area contributed by atoms with E-state index >= 15 is 0 Å². The zero-order valence-electron chi connectivity index (χ0n) is 13.4. The van der Waals surface area contributed by atoms with Crippen LogP contribution in [0.3, 0.4) is 0 Å². The summed E-state index contributed by atoms with van der Waals surface area (Å²) < 4.78 is 5.16. The van der Waals surface area contributed by atoms with E-state index in [-0.39, 0.29) is 16.4 Å². The number of para-hydroxylation sites is 1. The molecule has 4 aromatic rings. The Morgan fingerprint density at radius 2 is 2.00 bits per heavy atom. The monoisotopic (exact) mass is 399 g/mol. The van der Waals surface area contributed by atoms with E-state index in [0.717, 1.165) is 11.3 Å². The van der Waals surface area contributed by atoms with E-state index in [0.29, 0.717) is 21.5 Å². The number of amides is 1. The Labute approximate surface area is 158 Å². The van der Waals surface area contributed by atoms with Gasteiger partial charge in [-0.15, -0.1) is 22.7 Å². The Kier molecular flexibility index (Phi) is 4.26. The molecule has 1 amide bonds. The van der Waals surface area contributed by atoms with Crippen molar-refractivity contribution < 1.29 is 14.1 Å². The first kappa shape index (κ1) is 17.1. The molecule has 1 aromatic carbocycles. The number of thiazole rings is 1. The van der Waals surface area contributed by atoms with Crippen LogP contribution in [0.15, 0.2) is 56.4 Å². The first-order valence-corrected chi connectivity index (χ1v) is 9.30. The highest BCUT2D eigenvalue weighted by atomic mass is 32.1. The largest absolute Gasteiger partial charge is 0.422 e. The van der Waals surface area contributed by atoms with Gasteiger partial charge in [-0.1, -0.05) is 18.2 Å². The number of nitrogens with one attached hydrogen (secondary N) is 1. The Bertz CT molecular complexity index is 1240. The smallest absolute Gasteiger partial charge is 0.349 e. The quantitative estimate of drug-likeness (QED) is 0.313. The van der Waals surface area contributed by atoms with Crippen molar-refractivity contribution in [1.82, 2.24) is 4.98 Å². The number of benzene rings is 1. The van der Waals surface area contributed by atoms with Crippen LogP contribution < -0.4 is 10.9 Å². The standard InChI is InChI=1S/C17H9N3O5S2/c21-15(11-5-9-3-1-2-4-13(9)25-16(11)22)19-17-18-12(8-27-17)14-6-10(7-26-14)20(23)24/h1-8H,(H,18,19,21). The maximum atomic E-state index is 12.4. The van der Waals surface area contributed by atoms with Crippen LogP contribution in [-0.2, 0) is 0 Å². The summed E-state index contributed by atoms with van der Waals surface area (Å²) in [5.41, 5.74) is 0.0326. The van der Waals surface area contributed by atoms with Gasteiger partial charge in [0.1, 0.15) is 11.1 Å². The lowest BCUT2D eigenvalue weighted by Gasteiger charge is -2.02. The number of hydrogen-bond donors (Lipinski definition) is 1. The molecule has 4 rings (SSSR count). The van der Waals surface area contributed by atoms with E-state index in [1.165, 1.54) is 28.8 Å². The molecule has 0 aliphatic rings. The molecular formula is C17H9N3O5S2. The number of aromatic nitrogens is 1. The number of carbonyl (C=O) groups is 1. The molecule has 134 valence electrons. The van der Waals surface area contributed by atoms with Gasteiger partial charge in [0.05, 0.1) is 20.9 Å². The van der Waals surface area contributed by atoms with Crippen LogP contribution in [0.4, 0.5) is 10.8 Å². The van der Waals surface area contributed by atoms with Crippen LogP contribution in [0.2, 0.25) is 0 Å². The van der Waals surface area contributed by atoms with Crippen molar-refractivity contribution in [2.75, 3.05) is 5.32 Å². The molecular weight excluding hydrogens is 390 g/mol. The lowest BCUT2D eigenvalue weighted by Crippen LogP contribution is -2.20. The van der Waals surface area contributed by atoms with Gasteiger partial charge in [-0.25, -0.2) is 9.78 Å². The van der Waals surface area contributed by atoms with E-state index < -0.39 is 16.5 Å². The number of hydrogen-bond acceptors (Lipinski definition) is 8. The van der Waals surface area contributed by atoms with Crippen molar-refractivity contribution >= 4 is 50.4 Å². The fraction of sp³-hybridized carbons (Fsp3) is 0. The second-order valence-electron chi connectivity index (χ2n) is 5.40. The number of fused-ring (bicyclic) bond motifs is 1. The van der Waals surface area contributed by atoms with Gasteiger partial charge >= 0.3 is 5.63 Å². The third-order valence-corrected chi connectivity index (χ3v) is 5.36. The van der Waals surface area contributed by atoms with Gasteiger partial charge in [0.15, 0.2) is 5.13 Å². The zero-order valence-corrected chi connectivity index (χ0v) is 15.0. The Morgan fingerprint density at radius 3 is 2.78 bits per heavy atom. The van der Waals surface area contributed by atoms with Gasteiger partial charge in [-0.2, -0.15) is 0 Å². The normalized spacial score (nSPS) is 10.8. The number of nitrogens with zero attached hydrogens (tertiary/aromatic N) is 2. The van der Waals surface area contributed by atoms with Crippen molar-refractivity contribution in [3.63, 3.8) is 0 Å². The van der Waals surface area contributed by atoms with Crippen molar-refractivity contribution in [2.45, 2.75) is 0 Å². The molecule has 0 unspecified atom stereocenters. The van der Waals surface area contributed by atoms with Crippen LogP contribution in [0.25, 0.3) is 21.5 Å². The van der Waals surface area contributed by atoms with E-state index in [4.69, 9.17) is 4.42 Å². The predicted molar refractivity (Wildman–Crippen MR) is 103 cm³/mol. The number of thiophene rings is 1. The van der Waals surface area contributed by atoms with E-state index in [2.05, 4.69) is 10.3 Å². The molecule has 0 aliphatic carbocycles. The summed E-state index contributed by atoms with van der Waals surface area (Å²) in [7, 11) is 0. The van der Waals surface area contributed by atoms with Gasteiger partial charge in [0.2, 0.25) is 0 Å². The summed E-state index contributed by atoms with van der Waals surface area (Å²) in [6.45, 7) is 0. The summed E-state index contributed by atoms with van der Waals surface area (Å²) in [5.74, 6) is -0.632. The second-order valence-corrected chi connectivity index (χ2v) is 7.17. The molecule has 0 aliphatic heterocycles. The lowest BCUT2D eigenvalue weighted by molar-refractivity contribution is -0.384. The van der Waals surface area contributed by atoms with Gasteiger partial charge < -0.3 is 4.42 Å². The summed E-state index contributed by atoms with van der Waals surface area (Å²) >= 11 is 2.34. The third kappa shape index (κ3) is 3.35. The predicted octanol–water partition coefficient (Wildman–Crippen LogP) is 4.14. The minimum absolute atomic E-state index is 0.0117.